The summed E-state index contributed by atoms with van der Waals surface area (Å²) in [6.07, 6.45) is 2.21. The highest BCUT2D eigenvalue weighted by Gasteiger charge is 2.44. The van der Waals surface area contributed by atoms with Crippen LogP contribution in [0.2, 0.25) is 0 Å². The van der Waals surface area contributed by atoms with Crippen LogP contribution in [0.25, 0.3) is 0 Å². The number of nitrogens with two attached hydrogens (primary N) is 1. The van der Waals surface area contributed by atoms with Crippen LogP contribution in [0.4, 0.5) is 0 Å². The van der Waals surface area contributed by atoms with Crippen LogP contribution in [0.5, 0.6) is 0 Å². The number of hydrogen-bond donors (Lipinski definition) is 1. The lowest BCUT2D eigenvalue weighted by Crippen LogP contribution is -2.65. The Bertz CT molecular complexity index is 233. The minimum Gasteiger partial charge on any atom is -0.367 e. The van der Waals surface area contributed by atoms with Crippen LogP contribution < -0.4 is 5.73 Å². The lowest BCUT2D eigenvalue weighted by molar-refractivity contribution is -0.199. The first kappa shape index (κ1) is 14.9. The SMILES string of the molecule is CCC(CC)(CN)N1CC(C)(C)OC(C)(C)C1. The molecular weight excluding hydrogens is 212 g/mol. The molecule has 1 heterocycles. The number of rotatable bonds is 4. The number of morpholine rings is 1. The molecular formula is C14H30N2O. The lowest BCUT2D eigenvalue weighted by Gasteiger charge is -2.54. The summed E-state index contributed by atoms with van der Waals surface area (Å²) < 4.78 is 6.14. The van der Waals surface area contributed by atoms with Crippen molar-refractivity contribution in [2.45, 2.75) is 71.1 Å². The number of nitrogens with zero attached hydrogens (tertiary/aromatic N) is 1. The van der Waals surface area contributed by atoms with Gasteiger partial charge in [-0.2, -0.15) is 0 Å². The summed E-state index contributed by atoms with van der Waals surface area (Å²) in [5.41, 5.74) is 6.01. The zero-order valence-corrected chi connectivity index (χ0v) is 12.5. The molecule has 3 heteroatoms. The Morgan fingerprint density at radius 2 is 1.47 bits per heavy atom. The summed E-state index contributed by atoms with van der Waals surface area (Å²) in [5, 5.41) is 0. The van der Waals surface area contributed by atoms with Gasteiger partial charge in [0, 0.05) is 25.2 Å². The van der Waals surface area contributed by atoms with Crippen LogP contribution in [-0.4, -0.2) is 41.3 Å². The average molecular weight is 242 g/mol. The van der Waals surface area contributed by atoms with E-state index in [1.807, 2.05) is 0 Å². The van der Waals surface area contributed by atoms with E-state index in [2.05, 4.69) is 46.4 Å². The minimum absolute atomic E-state index is 0.0908. The summed E-state index contributed by atoms with van der Waals surface area (Å²) in [5.74, 6) is 0. The van der Waals surface area contributed by atoms with Gasteiger partial charge >= 0.3 is 0 Å². The molecule has 3 nitrogen and oxygen atoms in total. The first-order chi connectivity index (χ1) is 7.70. The second-order valence-corrected chi connectivity index (χ2v) is 6.61. The molecule has 0 spiro atoms. The molecule has 0 unspecified atom stereocenters. The second-order valence-electron chi connectivity index (χ2n) is 6.61. The Morgan fingerprint density at radius 3 is 1.76 bits per heavy atom. The predicted octanol–water partition coefficient (Wildman–Crippen LogP) is 2.39. The fourth-order valence-electron chi connectivity index (χ4n) is 3.24. The van der Waals surface area contributed by atoms with E-state index < -0.39 is 0 Å². The molecule has 0 aromatic carbocycles. The molecule has 0 amide bonds. The Balaban J connectivity index is 2.96. The number of hydrogen-bond acceptors (Lipinski definition) is 3. The molecule has 1 rings (SSSR count). The largest absolute Gasteiger partial charge is 0.367 e. The first-order valence-corrected chi connectivity index (χ1v) is 6.85. The predicted molar refractivity (Wildman–Crippen MR) is 73.2 cm³/mol. The van der Waals surface area contributed by atoms with Gasteiger partial charge in [-0.25, -0.2) is 0 Å². The molecule has 17 heavy (non-hydrogen) atoms. The van der Waals surface area contributed by atoms with Crippen molar-refractivity contribution in [3.05, 3.63) is 0 Å². The Kier molecular flexibility index (Phi) is 4.28. The van der Waals surface area contributed by atoms with Gasteiger partial charge in [0.15, 0.2) is 0 Å². The maximum absolute atomic E-state index is 6.14. The van der Waals surface area contributed by atoms with Gasteiger partial charge < -0.3 is 10.5 Å². The third-order valence-corrected chi connectivity index (χ3v) is 4.06. The van der Waals surface area contributed by atoms with Crippen molar-refractivity contribution in [3.8, 4) is 0 Å². The highest BCUT2D eigenvalue weighted by Crippen LogP contribution is 2.34. The smallest absolute Gasteiger partial charge is 0.0761 e. The molecule has 0 aromatic heterocycles. The second kappa shape index (κ2) is 4.87. The van der Waals surface area contributed by atoms with Crippen LogP contribution in [-0.2, 0) is 4.74 Å². The summed E-state index contributed by atoms with van der Waals surface area (Å²) in [7, 11) is 0. The van der Waals surface area contributed by atoms with Crippen molar-refractivity contribution < 1.29 is 4.74 Å². The molecule has 0 aliphatic carbocycles. The third kappa shape index (κ3) is 3.21. The zero-order valence-electron chi connectivity index (χ0n) is 12.5. The maximum atomic E-state index is 6.14. The summed E-state index contributed by atoms with van der Waals surface area (Å²) in [6.45, 7) is 15.8. The fourth-order valence-corrected chi connectivity index (χ4v) is 3.24. The van der Waals surface area contributed by atoms with Crippen LogP contribution in [0, 0.1) is 0 Å². The zero-order chi connectivity index (χ0) is 13.3. The van der Waals surface area contributed by atoms with E-state index in [1.165, 1.54) is 0 Å². The Labute approximate surface area is 107 Å². The van der Waals surface area contributed by atoms with E-state index in [-0.39, 0.29) is 16.7 Å². The standard InChI is InChI=1S/C14H30N2O/c1-7-14(8-2,9-15)16-10-12(3,4)17-13(5,6)11-16/h7-11,15H2,1-6H3. The van der Waals surface area contributed by atoms with Crippen LogP contribution in [0.1, 0.15) is 54.4 Å². The fraction of sp³-hybridized carbons (Fsp3) is 1.00. The van der Waals surface area contributed by atoms with Gasteiger partial charge in [0.05, 0.1) is 11.2 Å². The monoisotopic (exact) mass is 242 g/mol. The van der Waals surface area contributed by atoms with Crippen molar-refractivity contribution in [1.29, 1.82) is 0 Å². The molecule has 1 fully saturated rings. The van der Waals surface area contributed by atoms with Gasteiger partial charge in [-0.1, -0.05) is 13.8 Å². The summed E-state index contributed by atoms with van der Waals surface area (Å²) in [6, 6.07) is 0. The molecule has 1 aliphatic rings. The van der Waals surface area contributed by atoms with E-state index in [1.54, 1.807) is 0 Å². The van der Waals surface area contributed by atoms with Crippen LogP contribution >= 0.6 is 0 Å². The van der Waals surface area contributed by atoms with Crippen molar-refractivity contribution in [2.75, 3.05) is 19.6 Å². The van der Waals surface area contributed by atoms with E-state index in [0.717, 1.165) is 32.5 Å². The first-order valence-electron chi connectivity index (χ1n) is 6.85. The minimum atomic E-state index is -0.0908. The molecule has 0 bridgehead atoms. The lowest BCUT2D eigenvalue weighted by atomic mass is 9.86. The van der Waals surface area contributed by atoms with Gasteiger partial charge in [-0.15, -0.1) is 0 Å². The van der Waals surface area contributed by atoms with E-state index >= 15 is 0 Å². The van der Waals surface area contributed by atoms with Crippen molar-refractivity contribution in [2.24, 2.45) is 5.73 Å². The van der Waals surface area contributed by atoms with Gasteiger partial charge in [0.1, 0.15) is 0 Å². The van der Waals surface area contributed by atoms with E-state index in [0.29, 0.717) is 0 Å². The van der Waals surface area contributed by atoms with Gasteiger partial charge in [-0.05, 0) is 40.5 Å². The van der Waals surface area contributed by atoms with Crippen molar-refractivity contribution in [3.63, 3.8) is 0 Å². The maximum Gasteiger partial charge on any atom is 0.0761 e. The molecule has 1 aliphatic heterocycles. The topological polar surface area (TPSA) is 38.5 Å². The Morgan fingerprint density at radius 1 is 1.06 bits per heavy atom. The molecule has 0 radical (unpaired) electrons. The molecule has 0 saturated carbocycles. The van der Waals surface area contributed by atoms with Crippen LogP contribution in [0.3, 0.4) is 0 Å². The molecule has 1 saturated heterocycles. The summed E-state index contributed by atoms with van der Waals surface area (Å²) >= 11 is 0. The quantitative estimate of drug-likeness (QED) is 0.822. The Hall–Kier alpha value is -0.120. The van der Waals surface area contributed by atoms with E-state index in [4.69, 9.17) is 10.5 Å². The highest BCUT2D eigenvalue weighted by molar-refractivity contribution is 4.98. The molecule has 0 aromatic rings. The van der Waals surface area contributed by atoms with Crippen molar-refractivity contribution >= 4 is 0 Å². The van der Waals surface area contributed by atoms with Crippen molar-refractivity contribution in [1.82, 2.24) is 4.90 Å². The molecule has 0 atom stereocenters. The molecule has 102 valence electrons. The van der Waals surface area contributed by atoms with Gasteiger partial charge in [-0.3, -0.25) is 4.90 Å². The van der Waals surface area contributed by atoms with Gasteiger partial charge in [0.25, 0.3) is 0 Å². The van der Waals surface area contributed by atoms with Gasteiger partial charge in [0.2, 0.25) is 0 Å². The van der Waals surface area contributed by atoms with E-state index in [9.17, 15) is 0 Å². The third-order valence-electron chi connectivity index (χ3n) is 4.06. The highest BCUT2D eigenvalue weighted by atomic mass is 16.5. The molecule has 2 N–H and O–H groups in total. The average Bonchev–Trinajstić information content (AvgIpc) is 2.16. The van der Waals surface area contributed by atoms with Crippen LogP contribution in [0.15, 0.2) is 0 Å². The normalized spacial score (nSPS) is 24.9. The summed E-state index contributed by atoms with van der Waals surface area (Å²) in [4.78, 5) is 2.55. The number of ether oxygens (including phenoxy) is 1.